The van der Waals surface area contributed by atoms with E-state index in [0.717, 1.165) is 11.1 Å². The minimum Gasteiger partial charge on any atom is -0.382 e. The van der Waals surface area contributed by atoms with Crippen molar-refractivity contribution >= 4 is 17.4 Å². The van der Waals surface area contributed by atoms with Crippen molar-refractivity contribution in [1.82, 2.24) is 25.1 Å². The SMILES string of the molecule is Cc1ccc(-c2noc(-c3nnn(-c4cccc(Cl)c4)c3N)n2)cc1. The normalized spacial score (nSPS) is 11.0. The van der Waals surface area contributed by atoms with Gasteiger partial charge in [0.1, 0.15) is 0 Å². The number of hydrogen-bond donors (Lipinski definition) is 1. The molecule has 4 aromatic rings. The van der Waals surface area contributed by atoms with Crippen LogP contribution in [-0.2, 0) is 0 Å². The van der Waals surface area contributed by atoms with Crippen LogP contribution in [0.15, 0.2) is 53.1 Å². The van der Waals surface area contributed by atoms with Crippen LogP contribution < -0.4 is 5.73 Å². The molecule has 2 aromatic carbocycles. The van der Waals surface area contributed by atoms with Crippen LogP contribution in [0.5, 0.6) is 0 Å². The van der Waals surface area contributed by atoms with Crippen molar-refractivity contribution in [1.29, 1.82) is 0 Å². The van der Waals surface area contributed by atoms with Gasteiger partial charge in [-0.3, -0.25) is 0 Å². The van der Waals surface area contributed by atoms with E-state index in [0.29, 0.717) is 28.0 Å². The van der Waals surface area contributed by atoms with E-state index >= 15 is 0 Å². The highest BCUT2D eigenvalue weighted by atomic mass is 35.5. The minimum absolute atomic E-state index is 0.210. The minimum atomic E-state index is 0.210. The smallest absolute Gasteiger partial charge is 0.282 e. The molecule has 0 aliphatic rings. The standard InChI is InChI=1S/C17H13ClN6O/c1-10-5-7-11(8-6-10)16-20-17(25-22-16)14-15(19)24(23-21-14)13-4-2-3-12(18)9-13/h2-9H,19H2,1H3. The zero-order chi connectivity index (χ0) is 17.4. The molecule has 0 aliphatic heterocycles. The molecule has 4 rings (SSSR count). The van der Waals surface area contributed by atoms with E-state index in [1.54, 1.807) is 18.2 Å². The first-order valence-corrected chi connectivity index (χ1v) is 7.88. The molecule has 2 N–H and O–H groups in total. The molecule has 0 saturated carbocycles. The van der Waals surface area contributed by atoms with Crippen molar-refractivity contribution in [3.8, 4) is 28.7 Å². The lowest BCUT2D eigenvalue weighted by atomic mass is 10.1. The molecule has 0 fully saturated rings. The molecule has 0 atom stereocenters. The van der Waals surface area contributed by atoms with Crippen LogP contribution >= 0.6 is 11.6 Å². The number of halogens is 1. The molecule has 124 valence electrons. The van der Waals surface area contributed by atoms with Gasteiger partial charge in [0, 0.05) is 10.6 Å². The van der Waals surface area contributed by atoms with Gasteiger partial charge in [-0.25, -0.2) is 0 Å². The number of benzene rings is 2. The summed E-state index contributed by atoms with van der Waals surface area (Å²) in [5.41, 5.74) is 9.18. The number of aromatic nitrogens is 5. The third kappa shape index (κ3) is 2.85. The van der Waals surface area contributed by atoms with E-state index in [4.69, 9.17) is 21.9 Å². The Hall–Kier alpha value is -3.19. The maximum Gasteiger partial charge on any atom is 0.282 e. The maximum atomic E-state index is 6.15. The average Bonchev–Trinajstić information content (AvgIpc) is 3.22. The van der Waals surface area contributed by atoms with Gasteiger partial charge >= 0.3 is 0 Å². The van der Waals surface area contributed by atoms with Gasteiger partial charge in [0.2, 0.25) is 5.82 Å². The Morgan fingerprint density at radius 1 is 1.12 bits per heavy atom. The quantitative estimate of drug-likeness (QED) is 0.606. The Morgan fingerprint density at radius 3 is 2.68 bits per heavy atom. The second-order valence-electron chi connectivity index (χ2n) is 5.50. The second-order valence-corrected chi connectivity index (χ2v) is 5.94. The fourth-order valence-electron chi connectivity index (χ4n) is 2.38. The molecule has 25 heavy (non-hydrogen) atoms. The summed E-state index contributed by atoms with van der Waals surface area (Å²) >= 11 is 6.01. The molecule has 0 saturated heterocycles. The lowest BCUT2D eigenvalue weighted by molar-refractivity contribution is 0.431. The highest BCUT2D eigenvalue weighted by Gasteiger charge is 2.19. The predicted octanol–water partition coefficient (Wildman–Crippen LogP) is 3.53. The molecule has 2 heterocycles. The van der Waals surface area contributed by atoms with E-state index in [1.807, 2.05) is 37.3 Å². The van der Waals surface area contributed by atoms with Crippen LogP contribution in [0.3, 0.4) is 0 Å². The fourth-order valence-corrected chi connectivity index (χ4v) is 2.56. The zero-order valence-electron chi connectivity index (χ0n) is 13.2. The molecule has 0 unspecified atom stereocenters. The van der Waals surface area contributed by atoms with Crippen LogP contribution in [0, 0.1) is 6.92 Å². The van der Waals surface area contributed by atoms with Crippen molar-refractivity contribution in [3.05, 3.63) is 59.1 Å². The lowest BCUT2D eigenvalue weighted by Crippen LogP contribution is -2.02. The Labute approximate surface area is 148 Å². The molecular formula is C17H13ClN6O. The zero-order valence-corrected chi connectivity index (χ0v) is 14.0. The van der Waals surface area contributed by atoms with Gasteiger partial charge in [-0.1, -0.05) is 57.9 Å². The van der Waals surface area contributed by atoms with Crippen molar-refractivity contribution < 1.29 is 4.52 Å². The molecule has 0 bridgehead atoms. The van der Waals surface area contributed by atoms with Crippen LogP contribution in [0.2, 0.25) is 5.02 Å². The number of aryl methyl sites for hydroxylation is 1. The number of hydrogen-bond acceptors (Lipinski definition) is 6. The summed E-state index contributed by atoms with van der Waals surface area (Å²) in [5, 5.41) is 12.7. The van der Waals surface area contributed by atoms with E-state index < -0.39 is 0 Å². The highest BCUT2D eigenvalue weighted by molar-refractivity contribution is 6.30. The number of anilines is 1. The lowest BCUT2D eigenvalue weighted by Gasteiger charge is -2.02. The number of nitrogens with zero attached hydrogens (tertiary/aromatic N) is 5. The second kappa shape index (κ2) is 6.03. The van der Waals surface area contributed by atoms with Gasteiger partial charge in [-0.2, -0.15) is 9.67 Å². The van der Waals surface area contributed by atoms with E-state index in [1.165, 1.54) is 4.68 Å². The third-order valence-electron chi connectivity index (χ3n) is 3.70. The summed E-state index contributed by atoms with van der Waals surface area (Å²) in [5.74, 6) is 0.967. The first-order chi connectivity index (χ1) is 12.1. The van der Waals surface area contributed by atoms with Gasteiger partial charge in [-0.05, 0) is 25.1 Å². The summed E-state index contributed by atoms with van der Waals surface area (Å²) in [6.45, 7) is 2.01. The van der Waals surface area contributed by atoms with Gasteiger partial charge in [0.15, 0.2) is 11.5 Å². The Balaban J connectivity index is 1.71. The summed E-state index contributed by atoms with van der Waals surface area (Å²) in [6, 6.07) is 15.0. The Bertz CT molecular complexity index is 1040. The molecule has 0 spiro atoms. The van der Waals surface area contributed by atoms with Crippen molar-refractivity contribution in [2.24, 2.45) is 0 Å². The van der Waals surface area contributed by atoms with Gasteiger partial charge in [0.25, 0.3) is 5.89 Å². The van der Waals surface area contributed by atoms with E-state index in [-0.39, 0.29) is 5.89 Å². The van der Waals surface area contributed by atoms with Gasteiger partial charge in [-0.15, -0.1) is 5.10 Å². The maximum absolute atomic E-state index is 6.15. The van der Waals surface area contributed by atoms with Crippen LogP contribution in [-0.4, -0.2) is 25.1 Å². The molecule has 0 amide bonds. The summed E-state index contributed by atoms with van der Waals surface area (Å²) in [6.07, 6.45) is 0. The van der Waals surface area contributed by atoms with Crippen molar-refractivity contribution in [3.63, 3.8) is 0 Å². The van der Waals surface area contributed by atoms with Crippen LogP contribution in [0.4, 0.5) is 5.82 Å². The first kappa shape index (κ1) is 15.3. The summed E-state index contributed by atoms with van der Waals surface area (Å²) in [4.78, 5) is 4.37. The van der Waals surface area contributed by atoms with Crippen LogP contribution in [0.1, 0.15) is 5.56 Å². The predicted molar refractivity (Wildman–Crippen MR) is 94.2 cm³/mol. The first-order valence-electron chi connectivity index (χ1n) is 7.50. The monoisotopic (exact) mass is 352 g/mol. The Kier molecular flexibility index (Phi) is 3.70. The summed E-state index contributed by atoms with van der Waals surface area (Å²) < 4.78 is 6.78. The summed E-state index contributed by atoms with van der Waals surface area (Å²) in [7, 11) is 0. The van der Waals surface area contributed by atoms with E-state index in [9.17, 15) is 0 Å². The topological polar surface area (TPSA) is 95.7 Å². The molecule has 0 radical (unpaired) electrons. The number of rotatable bonds is 3. The Morgan fingerprint density at radius 2 is 1.92 bits per heavy atom. The van der Waals surface area contributed by atoms with Gasteiger partial charge in [0.05, 0.1) is 5.69 Å². The fraction of sp³-hybridized carbons (Fsp3) is 0.0588. The molecule has 0 aliphatic carbocycles. The van der Waals surface area contributed by atoms with Crippen molar-refractivity contribution in [2.75, 3.05) is 5.73 Å². The average molecular weight is 353 g/mol. The van der Waals surface area contributed by atoms with Crippen LogP contribution in [0.25, 0.3) is 28.7 Å². The molecular weight excluding hydrogens is 340 g/mol. The number of nitrogen functional groups attached to an aromatic ring is 1. The third-order valence-corrected chi connectivity index (χ3v) is 3.93. The number of nitrogens with two attached hydrogens (primary N) is 1. The van der Waals surface area contributed by atoms with Gasteiger partial charge < -0.3 is 10.3 Å². The highest BCUT2D eigenvalue weighted by Crippen LogP contribution is 2.27. The van der Waals surface area contributed by atoms with E-state index in [2.05, 4.69) is 20.5 Å². The largest absolute Gasteiger partial charge is 0.382 e. The molecule has 2 aromatic heterocycles. The molecule has 7 nitrogen and oxygen atoms in total. The molecule has 8 heteroatoms. The van der Waals surface area contributed by atoms with Crippen molar-refractivity contribution in [2.45, 2.75) is 6.92 Å².